The molecule has 0 spiro atoms. The third kappa shape index (κ3) is 2.82. The minimum atomic E-state index is 1.07. The van der Waals surface area contributed by atoms with Crippen molar-refractivity contribution in [1.82, 2.24) is 0 Å². The van der Waals surface area contributed by atoms with Gasteiger partial charge in [0.05, 0.1) is 5.71 Å². The van der Waals surface area contributed by atoms with Gasteiger partial charge in [0.2, 0.25) is 0 Å². The van der Waals surface area contributed by atoms with Crippen molar-refractivity contribution in [2.24, 2.45) is 4.40 Å². The standard InChI is InChI=1S/C27H21NS/c1-5-11-22-18(7-1)13-15-23-21-10-4-2-9-20(21)17-24(27(22)23)25-16-14-19-8-3-6-12-26(19)29-28-25/h2-4,6,8-10,12-17H,1,5,7,11H2. The fraction of sp³-hybridized carbons (Fsp3) is 0.148. The molecule has 4 aromatic rings. The largest absolute Gasteiger partial charge is 0.211 e. The molecule has 0 atom stereocenters. The maximum Gasteiger partial charge on any atom is 0.0796 e. The third-order valence-electron chi connectivity index (χ3n) is 6.21. The van der Waals surface area contributed by atoms with Crippen molar-refractivity contribution in [3.8, 4) is 0 Å². The SMILES string of the molecule is C1=Cc2ccccc2SN=C1c1cc2ccccc2c2ccc3c(c12)CCCC3. The van der Waals surface area contributed by atoms with Gasteiger partial charge in [-0.3, -0.25) is 0 Å². The average molecular weight is 392 g/mol. The number of fused-ring (bicyclic) bond motifs is 6. The Morgan fingerprint density at radius 2 is 1.62 bits per heavy atom. The number of rotatable bonds is 1. The first-order valence-corrected chi connectivity index (χ1v) is 11.1. The van der Waals surface area contributed by atoms with Gasteiger partial charge in [-0.1, -0.05) is 60.7 Å². The molecule has 1 nitrogen and oxygen atoms in total. The van der Waals surface area contributed by atoms with Gasteiger partial charge in [-0.15, -0.1) is 0 Å². The molecule has 0 aromatic heterocycles. The van der Waals surface area contributed by atoms with Crippen LogP contribution in [0.2, 0.25) is 0 Å². The van der Waals surface area contributed by atoms with E-state index in [9.17, 15) is 0 Å². The molecule has 0 fully saturated rings. The van der Waals surface area contributed by atoms with Crippen LogP contribution in [-0.2, 0) is 12.8 Å². The van der Waals surface area contributed by atoms with Crippen molar-refractivity contribution >= 4 is 45.3 Å². The molecule has 0 amide bonds. The van der Waals surface area contributed by atoms with Crippen LogP contribution in [0.4, 0.5) is 0 Å². The molecule has 1 aliphatic heterocycles. The Bertz CT molecular complexity index is 1330. The summed E-state index contributed by atoms with van der Waals surface area (Å²) >= 11 is 1.59. The smallest absolute Gasteiger partial charge is 0.0796 e. The molecule has 1 heterocycles. The quantitative estimate of drug-likeness (QED) is 0.243. The lowest BCUT2D eigenvalue weighted by Crippen LogP contribution is -2.07. The molecule has 0 N–H and O–H groups in total. The van der Waals surface area contributed by atoms with E-state index in [-0.39, 0.29) is 0 Å². The number of hydrogen-bond acceptors (Lipinski definition) is 2. The van der Waals surface area contributed by atoms with Gasteiger partial charge in [0, 0.05) is 22.4 Å². The predicted molar refractivity (Wildman–Crippen MR) is 126 cm³/mol. The number of allylic oxidation sites excluding steroid dienone is 1. The molecule has 0 saturated carbocycles. The molecule has 0 radical (unpaired) electrons. The lowest BCUT2D eigenvalue weighted by molar-refractivity contribution is 0.690. The lowest BCUT2D eigenvalue weighted by atomic mass is 9.83. The van der Waals surface area contributed by atoms with E-state index in [1.54, 1.807) is 11.9 Å². The molecular formula is C27H21NS. The highest BCUT2D eigenvalue weighted by molar-refractivity contribution is 7.98. The first-order valence-electron chi connectivity index (χ1n) is 10.4. The van der Waals surface area contributed by atoms with Crippen molar-refractivity contribution in [2.45, 2.75) is 30.6 Å². The Kier molecular flexibility index (Phi) is 4.05. The van der Waals surface area contributed by atoms with E-state index in [0.717, 1.165) is 5.71 Å². The van der Waals surface area contributed by atoms with Crippen LogP contribution in [0.3, 0.4) is 0 Å². The second kappa shape index (κ2) is 6.89. The van der Waals surface area contributed by atoms with Crippen molar-refractivity contribution in [1.29, 1.82) is 0 Å². The monoisotopic (exact) mass is 391 g/mol. The van der Waals surface area contributed by atoms with Crippen LogP contribution in [0.1, 0.15) is 35.1 Å². The van der Waals surface area contributed by atoms with Crippen molar-refractivity contribution in [2.75, 3.05) is 0 Å². The van der Waals surface area contributed by atoms with Gasteiger partial charge in [0.1, 0.15) is 0 Å². The Labute approximate surface area is 175 Å². The normalized spacial score (nSPS) is 15.7. The van der Waals surface area contributed by atoms with Gasteiger partial charge >= 0.3 is 0 Å². The summed E-state index contributed by atoms with van der Waals surface area (Å²) in [4.78, 5) is 1.21. The second-order valence-electron chi connectivity index (χ2n) is 7.92. The zero-order valence-corrected chi connectivity index (χ0v) is 17.0. The Morgan fingerprint density at radius 1 is 0.759 bits per heavy atom. The van der Waals surface area contributed by atoms with Crippen molar-refractivity contribution in [3.05, 3.63) is 95.1 Å². The molecule has 4 aromatic carbocycles. The lowest BCUT2D eigenvalue weighted by Gasteiger charge is -2.21. The van der Waals surface area contributed by atoms with E-state index in [4.69, 9.17) is 4.40 Å². The first kappa shape index (κ1) is 17.1. The number of aryl methyl sites for hydroxylation is 2. The highest BCUT2D eigenvalue weighted by Gasteiger charge is 2.19. The first-order chi connectivity index (χ1) is 14.4. The number of benzene rings is 4. The van der Waals surface area contributed by atoms with E-state index >= 15 is 0 Å². The molecule has 140 valence electrons. The van der Waals surface area contributed by atoms with Crippen LogP contribution in [0.15, 0.2) is 82.1 Å². The summed E-state index contributed by atoms with van der Waals surface area (Å²) in [5.41, 5.74) is 6.64. The molecule has 29 heavy (non-hydrogen) atoms. The summed E-state index contributed by atoms with van der Waals surface area (Å²) in [5.74, 6) is 0. The maximum atomic E-state index is 4.99. The van der Waals surface area contributed by atoms with Crippen LogP contribution in [-0.4, -0.2) is 5.71 Å². The predicted octanol–water partition coefficient (Wildman–Crippen LogP) is 7.40. The van der Waals surface area contributed by atoms with Crippen LogP contribution in [0.5, 0.6) is 0 Å². The Balaban J connectivity index is 1.66. The second-order valence-corrected chi connectivity index (χ2v) is 8.72. The highest BCUT2D eigenvalue weighted by Crippen LogP contribution is 2.38. The maximum absolute atomic E-state index is 4.99. The van der Waals surface area contributed by atoms with Gasteiger partial charge in [-0.2, -0.15) is 0 Å². The molecular weight excluding hydrogens is 370 g/mol. The fourth-order valence-corrected chi connectivity index (χ4v) is 5.53. The summed E-state index contributed by atoms with van der Waals surface area (Å²) in [6, 6.07) is 24.3. The molecule has 6 rings (SSSR count). The van der Waals surface area contributed by atoms with E-state index in [0.29, 0.717) is 0 Å². The minimum absolute atomic E-state index is 1.07. The number of hydrogen-bond donors (Lipinski definition) is 0. The average Bonchev–Trinajstić information content (AvgIpc) is 3.01. The van der Waals surface area contributed by atoms with E-state index < -0.39 is 0 Å². The van der Waals surface area contributed by atoms with E-state index in [2.05, 4.69) is 78.9 Å². The summed E-state index contributed by atoms with van der Waals surface area (Å²) in [6.07, 6.45) is 9.35. The molecule has 0 bridgehead atoms. The van der Waals surface area contributed by atoms with Gasteiger partial charge in [0.25, 0.3) is 0 Å². The Morgan fingerprint density at radius 3 is 2.62 bits per heavy atom. The molecule has 2 heteroatoms. The molecule has 0 unspecified atom stereocenters. The van der Waals surface area contributed by atoms with Gasteiger partial charge < -0.3 is 0 Å². The van der Waals surface area contributed by atoms with Crippen LogP contribution >= 0.6 is 11.9 Å². The van der Waals surface area contributed by atoms with E-state index in [1.807, 2.05) is 0 Å². The molecule has 2 aliphatic rings. The summed E-state index contributed by atoms with van der Waals surface area (Å²) in [6.45, 7) is 0. The van der Waals surface area contributed by atoms with E-state index in [1.165, 1.54) is 74.4 Å². The van der Waals surface area contributed by atoms with Crippen LogP contribution in [0, 0.1) is 0 Å². The summed E-state index contributed by atoms with van der Waals surface area (Å²) < 4.78 is 4.99. The summed E-state index contributed by atoms with van der Waals surface area (Å²) in [7, 11) is 0. The van der Waals surface area contributed by atoms with Gasteiger partial charge in [0.15, 0.2) is 0 Å². The fourth-order valence-electron chi connectivity index (χ4n) is 4.80. The minimum Gasteiger partial charge on any atom is -0.211 e. The zero-order chi connectivity index (χ0) is 19.2. The Hall–Kier alpha value is -2.84. The topological polar surface area (TPSA) is 12.4 Å². The van der Waals surface area contributed by atoms with Crippen LogP contribution in [0.25, 0.3) is 27.6 Å². The van der Waals surface area contributed by atoms with Crippen molar-refractivity contribution < 1.29 is 0 Å². The third-order valence-corrected chi connectivity index (χ3v) is 7.07. The van der Waals surface area contributed by atoms with Gasteiger partial charge in [-0.05, 0) is 82.1 Å². The zero-order valence-electron chi connectivity index (χ0n) is 16.2. The molecule has 0 saturated heterocycles. The molecule has 1 aliphatic carbocycles. The van der Waals surface area contributed by atoms with Crippen LogP contribution < -0.4 is 0 Å². The van der Waals surface area contributed by atoms with Gasteiger partial charge in [-0.25, -0.2) is 4.40 Å². The number of nitrogens with zero attached hydrogens (tertiary/aromatic N) is 1. The summed E-state index contributed by atoms with van der Waals surface area (Å²) in [5, 5.41) is 5.40. The van der Waals surface area contributed by atoms with Crippen molar-refractivity contribution in [3.63, 3.8) is 0 Å². The highest BCUT2D eigenvalue weighted by atomic mass is 32.2.